The Balaban J connectivity index is 2.29. The summed E-state index contributed by atoms with van der Waals surface area (Å²) >= 11 is 3.06. The number of hydrogen-bond acceptors (Lipinski definition) is 4. The zero-order valence-electron chi connectivity index (χ0n) is 11.0. The van der Waals surface area contributed by atoms with E-state index in [1.807, 2.05) is 0 Å². The van der Waals surface area contributed by atoms with Crippen molar-refractivity contribution in [2.24, 2.45) is 5.92 Å². The number of carbonyl (C=O) groups is 2. The molecule has 21 heavy (non-hydrogen) atoms. The van der Waals surface area contributed by atoms with Gasteiger partial charge in [0.1, 0.15) is 11.0 Å². The van der Waals surface area contributed by atoms with Crippen molar-refractivity contribution in [2.45, 2.75) is 12.8 Å². The zero-order valence-corrected chi connectivity index (χ0v) is 12.6. The molecule has 0 aromatic heterocycles. The number of benzene rings is 1. The van der Waals surface area contributed by atoms with Crippen molar-refractivity contribution in [1.82, 2.24) is 4.90 Å². The van der Waals surface area contributed by atoms with E-state index in [9.17, 15) is 19.7 Å². The summed E-state index contributed by atoms with van der Waals surface area (Å²) in [5, 5.41) is 19.8. The molecule has 1 aromatic carbocycles. The van der Waals surface area contributed by atoms with Crippen molar-refractivity contribution >= 4 is 33.5 Å². The Hall–Kier alpha value is -1.96. The molecule has 1 aliphatic rings. The molecule has 0 bridgehead atoms. The lowest BCUT2D eigenvalue weighted by Gasteiger charge is -2.21. The lowest BCUT2D eigenvalue weighted by molar-refractivity contribution is -0.385. The Bertz CT molecular complexity index is 600. The van der Waals surface area contributed by atoms with Gasteiger partial charge in [-0.25, -0.2) is 0 Å². The second-order valence-electron chi connectivity index (χ2n) is 4.92. The third-order valence-corrected chi connectivity index (χ3v) is 4.03. The maximum Gasteiger partial charge on any atom is 0.323 e. The smallest absolute Gasteiger partial charge is 0.323 e. The third kappa shape index (κ3) is 3.78. The summed E-state index contributed by atoms with van der Waals surface area (Å²) in [6.07, 6.45) is 1.94. The van der Waals surface area contributed by atoms with Gasteiger partial charge in [0.15, 0.2) is 0 Å². The van der Waals surface area contributed by atoms with Crippen molar-refractivity contribution in [3.05, 3.63) is 38.3 Å². The number of carboxylic acid groups (broad SMARTS) is 1. The highest BCUT2D eigenvalue weighted by Crippen LogP contribution is 2.32. The summed E-state index contributed by atoms with van der Waals surface area (Å²) in [6, 6.07) is 4.14. The number of rotatable bonds is 6. The van der Waals surface area contributed by atoms with Gasteiger partial charge in [0, 0.05) is 12.6 Å². The van der Waals surface area contributed by atoms with Crippen LogP contribution in [0.25, 0.3) is 0 Å². The minimum absolute atomic E-state index is 0.0752. The fraction of sp³-hybridized carbons (Fsp3) is 0.385. The normalized spacial score (nSPS) is 13.8. The lowest BCUT2D eigenvalue weighted by Crippen LogP contribution is -2.37. The lowest BCUT2D eigenvalue weighted by atomic mass is 10.1. The van der Waals surface area contributed by atoms with E-state index < -0.39 is 23.3 Å². The molecule has 7 nitrogen and oxygen atoms in total. The Kier molecular flexibility index (Phi) is 4.56. The molecule has 1 aliphatic carbocycles. The highest BCUT2D eigenvalue weighted by Gasteiger charge is 2.30. The van der Waals surface area contributed by atoms with E-state index >= 15 is 0 Å². The Morgan fingerprint density at radius 1 is 1.43 bits per heavy atom. The maximum atomic E-state index is 12.4. The quantitative estimate of drug-likeness (QED) is 0.622. The van der Waals surface area contributed by atoms with Crippen molar-refractivity contribution in [3.8, 4) is 0 Å². The van der Waals surface area contributed by atoms with Crippen LogP contribution in [0, 0.1) is 16.0 Å². The van der Waals surface area contributed by atoms with Gasteiger partial charge in [0.25, 0.3) is 11.6 Å². The average molecular weight is 357 g/mol. The standard InChI is InChI=1S/C13H13BrN2O5/c14-12-9(2-1-3-10(12)16(20)21)13(19)15(7-11(17)18)6-8-4-5-8/h1-3,8H,4-7H2,(H,17,18). The fourth-order valence-electron chi connectivity index (χ4n) is 1.99. The van der Waals surface area contributed by atoms with Gasteiger partial charge in [-0.2, -0.15) is 0 Å². The first-order valence-corrected chi connectivity index (χ1v) is 7.13. The van der Waals surface area contributed by atoms with Crippen molar-refractivity contribution < 1.29 is 19.6 Å². The number of nitro benzene ring substituents is 1. The predicted octanol–water partition coefficient (Wildman–Crippen LogP) is 2.29. The largest absolute Gasteiger partial charge is 0.480 e. The van der Waals surface area contributed by atoms with Gasteiger partial charge in [-0.15, -0.1) is 0 Å². The number of nitrogens with zero attached hydrogens (tertiary/aromatic N) is 2. The molecule has 0 aliphatic heterocycles. The topological polar surface area (TPSA) is 101 Å². The van der Waals surface area contributed by atoms with E-state index in [2.05, 4.69) is 15.9 Å². The molecule has 0 unspecified atom stereocenters. The first-order valence-electron chi connectivity index (χ1n) is 6.34. The predicted molar refractivity (Wildman–Crippen MR) is 77.1 cm³/mol. The van der Waals surface area contributed by atoms with Crippen LogP contribution in [0.15, 0.2) is 22.7 Å². The Morgan fingerprint density at radius 2 is 2.10 bits per heavy atom. The van der Waals surface area contributed by atoms with Crippen LogP contribution in [0.1, 0.15) is 23.2 Å². The third-order valence-electron chi connectivity index (χ3n) is 3.19. The average Bonchev–Trinajstić information content (AvgIpc) is 3.20. The van der Waals surface area contributed by atoms with Crippen LogP contribution in [0.4, 0.5) is 5.69 Å². The highest BCUT2D eigenvalue weighted by atomic mass is 79.9. The fourth-order valence-corrected chi connectivity index (χ4v) is 2.57. The van der Waals surface area contributed by atoms with E-state index in [0.717, 1.165) is 12.8 Å². The van der Waals surface area contributed by atoms with Gasteiger partial charge in [-0.3, -0.25) is 19.7 Å². The second kappa shape index (κ2) is 6.21. The monoisotopic (exact) mass is 356 g/mol. The molecule has 1 aromatic rings. The van der Waals surface area contributed by atoms with Gasteiger partial charge in [-0.1, -0.05) is 6.07 Å². The summed E-state index contributed by atoms with van der Waals surface area (Å²) in [5.41, 5.74) is -0.117. The molecule has 2 rings (SSSR count). The molecule has 0 spiro atoms. The van der Waals surface area contributed by atoms with Crippen LogP contribution < -0.4 is 0 Å². The number of carbonyl (C=O) groups excluding carboxylic acids is 1. The summed E-state index contributed by atoms with van der Waals surface area (Å²) in [6.45, 7) is -0.0509. The summed E-state index contributed by atoms with van der Waals surface area (Å²) < 4.78 is 0.0752. The molecule has 0 heterocycles. The molecule has 112 valence electrons. The van der Waals surface area contributed by atoms with Crippen molar-refractivity contribution in [3.63, 3.8) is 0 Å². The SMILES string of the molecule is O=C(O)CN(CC1CC1)C(=O)c1cccc([N+](=O)[O-])c1Br. The first-order chi connectivity index (χ1) is 9.90. The number of hydrogen-bond donors (Lipinski definition) is 1. The van der Waals surface area contributed by atoms with Gasteiger partial charge in [-0.05, 0) is 40.8 Å². The van der Waals surface area contributed by atoms with Crippen LogP contribution in [0.3, 0.4) is 0 Å². The van der Waals surface area contributed by atoms with Gasteiger partial charge in [0.05, 0.1) is 10.5 Å². The molecule has 8 heteroatoms. The van der Waals surface area contributed by atoms with Gasteiger partial charge in [0.2, 0.25) is 0 Å². The Labute approximate surface area is 128 Å². The van der Waals surface area contributed by atoms with E-state index in [1.54, 1.807) is 0 Å². The Morgan fingerprint density at radius 3 is 2.62 bits per heavy atom. The number of aliphatic carboxylic acids is 1. The van der Waals surface area contributed by atoms with Crippen LogP contribution >= 0.6 is 15.9 Å². The number of nitro groups is 1. The van der Waals surface area contributed by atoms with Crippen LogP contribution in [-0.2, 0) is 4.79 Å². The van der Waals surface area contributed by atoms with Gasteiger partial charge >= 0.3 is 5.97 Å². The van der Waals surface area contributed by atoms with Crippen LogP contribution in [0.5, 0.6) is 0 Å². The molecule has 0 atom stereocenters. The molecule has 1 amide bonds. The summed E-state index contributed by atoms with van der Waals surface area (Å²) in [5.74, 6) is -1.30. The minimum Gasteiger partial charge on any atom is -0.480 e. The summed E-state index contributed by atoms with van der Waals surface area (Å²) in [4.78, 5) is 34.9. The zero-order chi connectivity index (χ0) is 15.6. The van der Waals surface area contributed by atoms with E-state index in [-0.39, 0.29) is 15.7 Å². The van der Waals surface area contributed by atoms with E-state index in [0.29, 0.717) is 12.5 Å². The summed E-state index contributed by atoms with van der Waals surface area (Å²) in [7, 11) is 0. The molecule has 1 saturated carbocycles. The maximum absolute atomic E-state index is 12.4. The number of halogens is 1. The number of carboxylic acids is 1. The van der Waals surface area contributed by atoms with Crippen LogP contribution in [-0.4, -0.2) is 39.9 Å². The minimum atomic E-state index is -1.11. The molecular weight excluding hydrogens is 344 g/mol. The molecule has 1 fully saturated rings. The molecular formula is C13H13BrN2O5. The van der Waals surface area contributed by atoms with Gasteiger partial charge < -0.3 is 10.0 Å². The van der Waals surface area contributed by atoms with Crippen molar-refractivity contribution in [1.29, 1.82) is 0 Å². The second-order valence-corrected chi connectivity index (χ2v) is 5.71. The highest BCUT2D eigenvalue weighted by molar-refractivity contribution is 9.10. The molecule has 1 N–H and O–H groups in total. The van der Waals surface area contributed by atoms with E-state index in [4.69, 9.17) is 5.11 Å². The first kappa shape index (κ1) is 15.4. The van der Waals surface area contributed by atoms with Crippen LogP contribution in [0.2, 0.25) is 0 Å². The molecule has 0 radical (unpaired) electrons. The van der Waals surface area contributed by atoms with E-state index in [1.165, 1.54) is 23.1 Å². The van der Waals surface area contributed by atoms with Crippen molar-refractivity contribution in [2.75, 3.05) is 13.1 Å². The number of amides is 1. The molecule has 0 saturated heterocycles.